The van der Waals surface area contributed by atoms with E-state index in [1.807, 2.05) is 13.8 Å². The summed E-state index contributed by atoms with van der Waals surface area (Å²) in [6, 6.07) is -0.892. The molecule has 1 N–H and O–H groups in total. The highest BCUT2D eigenvalue weighted by atomic mass is 19.3. The lowest BCUT2D eigenvalue weighted by Crippen LogP contribution is -2.49. The summed E-state index contributed by atoms with van der Waals surface area (Å²) in [4.78, 5) is 22.0. The van der Waals surface area contributed by atoms with Crippen LogP contribution in [0.25, 0.3) is 0 Å². The molecule has 98 valence electrons. The number of carbonyl (C=O) groups excluding carboxylic acids is 2. The molecule has 1 rings (SSSR count). The van der Waals surface area contributed by atoms with Crippen molar-refractivity contribution in [3.05, 3.63) is 0 Å². The number of rotatable bonds is 4. The van der Waals surface area contributed by atoms with Crippen LogP contribution in [0.15, 0.2) is 0 Å². The molecule has 0 radical (unpaired) electrons. The summed E-state index contributed by atoms with van der Waals surface area (Å²) < 4.78 is 35.7. The van der Waals surface area contributed by atoms with Crippen LogP contribution in [-0.2, 0) is 14.3 Å². The second kappa shape index (κ2) is 4.85. The first-order chi connectivity index (χ1) is 7.78. The number of ether oxygens (including phenoxy) is 2. The van der Waals surface area contributed by atoms with Crippen LogP contribution in [-0.4, -0.2) is 37.2 Å². The second-order valence-electron chi connectivity index (χ2n) is 4.32. The quantitative estimate of drug-likeness (QED) is 0.765. The van der Waals surface area contributed by atoms with E-state index in [0.29, 0.717) is 6.42 Å². The normalized spacial score (nSPS) is 24.5. The maximum atomic E-state index is 13.6. The number of esters is 1. The Morgan fingerprint density at radius 2 is 2.18 bits per heavy atom. The molecule has 1 fully saturated rings. The minimum Gasteiger partial charge on any atom is -0.464 e. The van der Waals surface area contributed by atoms with E-state index in [2.05, 4.69) is 14.8 Å². The lowest BCUT2D eigenvalue weighted by atomic mass is 9.96. The van der Waals surface area contributed by atoms with Crippen molar-refractivity contribution in [2.45, 2.75) is 38.3 Å². The molecule has 5 nitrogen and oxygen atoms in total. The Bertz CT molecular complexity index is 319. The number of hydrogen-bond donors (Lipinski definition) is 1. The van der Waals surface area contributed by atoms with Crippen LogP contribution in [0.3, 0.4) is 0 Å². The molecule has 0 bridgehead atoms. The first-order valence-corrected chi connectivity index (χ1v) is 5.22. The van der Waals surface area contributed by atoms with E-state index >= 15 is 0 Å². The van der Waals surface area contributed by atoms with Gasteiger partial charge in [-0.2, -0.15) is 8.78 Å². The lowest BCUT2D eigenvalue weighted by Gasteiger charge is -2.24. The van der Waals surface area contributed by atoms with Crippen LogP contribution in [0, 0.1) is 5.92 Å². The van der Waals surface area contributed by atoms with E-state index < -0.39 is 30.1 Å². The number of nitrogens with one attached hydrogen (secondary N) is 1. The predicted molar refractivity (Wildman–Crippen MR) is 53.6 cm³/mol. The van der Waals surface area contributed by atoms with E-state index in [-0.39, 0.29) is 5.92 Å². The highest BCUT2D eigenvalue weighted by Crippen LogP contribution is 2.31. The van der Waals surface area contributed by atoms with Crippen LogP contribution in [0.1, 0.15) is 20.3 Å². The Labute approximate surface area is 97.4 Å². The number of amides is 1. The van der Waals surface area contributed by atoms with Crippen molar-refractivity contribution in [3.63, 3.8) is 0 Å². The number of alkyl halides is 2. The number of halogens is 2. The molecule has 17 heavy (non-hydrogen) atoms. The Kier molecular flexibility index (Phi) is 3.90. The molecular formula is C10H15F2NO4. The van der Waals surface area contributed by atoms with Crippen LogP contribution in [0.5, 0.6) is 0 Å². The maximum absolute atomic E-state index is 13.6. The molecule has 1 saturated heterocycles. The van der Waals surface area contributed by atoms with Gasteiger partial charge in [0, 0.05) is 0 Å². The molecule has 1 aliphatic rings. The molecule has 0 spiro atoms. The Hall–Kier alpha value is -1.40. The van der Waals surface area contributed by atoms with Gasteiger partial charge in [0.05, 0.1) is 13.2 Å². The minimum atomic E-state index is -3.84. The molecule has 0 aliphatic carbocycles. The van der Waals surface area contributed by atoms with Crippen LogP contribution < -0.4 is 5.32 Å². The topological polar surface area (TPSA) is 64.6 Å². The fourth-order valence-electron chi connectivity index (χ4n) is 1.73. The number of methoxy groups -OCH3 is 1. The number of hydrogen-bond acceptors (Lipinski definition) is 4. The summed E-state index contributed by atoms with van der Waals surface area (Å²) in [5.41, 5.74) is 0. The second-order valence-corrected chi connectivity index (χ2v) is 4.32. The van der Waals surface area contributed by atoms with Crippen molar-refractivity contribution in [2.75, 3.05) is 7.11 Å². The van der Waals surface area contributed by atoms with Crippen molar-refractivity contribution in [2.24, 2.45) is 5.92 Å². The Balaban J connectivity index is 2.86. The van der Waals surface area contributed by atoms with Gasteiger partial charge >= 0.3 is 18.0 Å². The first-order valence-electron chi connectivity index (χ1n) is 5.22. The van der Waals surface area contributed by atoms with Gasteiger partial charge in [0.15, 0.2) is 6.10 Å². The van der Waals surface area contributed by atoms with Crippen LogP contribution in [0.2, 0.25) is 0 Å². The van der Waals surface area contributed by atoms with Gasteiger partial charge in [0.1, 0.15) is 0 Å². The molecule has 1 amide bonds. The van der Waals surface area contributed by atoms with Gasteiger partial charge in [-0.1, -0.05) is 13.8 Å². The molecule has 0 aromatic heterocycles. The summed E-state index contributed by atoms with van der Waals surface area (Å²) in [7, 11) is 0.859. The first kappa shape index (κ1) is 13.7. The zero-order chi connectivity index (χ0) is 13.2. The molecular weight excluding hydrogens is 236 g/mol. The Morgan fingerprint density at radius 3 is 2.65 bits per heavy atom. The van der Waals surface area contributed by atoms with E-state index in [0.717, 1.165) is 7.11 Å². The third-order valence-electron chi connectivity index (χ3n) is 2.44. The van der Waals surface area contributed by atoms with Crippen molar-refractivity contribution >= 4 is 12.1 Å². The molecule has 0 unspecified atom stereocenters. The van der Waals surface area contributed by atoms with Gasteiger partial charge in [-0.05, 0) is 12.3 Å². The highest BCUT2D eigenvalue weighted by molar-refractivity contribution is 5.80. The van der Waals surface area contributed by atoms with Crippen molar-refractivity contribution in [1.29, 1.82) is 0 Å². The molecule has 2 atom stereocenters. The van der Waals surface area contributed by atoms with Crippen molar-refractivity contribution < 1.29 is 27.8 Å². The fraction of sp³-hybridized carbons (Fsp3) is 0.800. The fourth-order valence-corrected chi connectivity index (χ4v) is 1.73. The van der Waals surface area contributed by atoms with Gasteiger partial charge in [0.25, 0.3) is 0 Å². The van der Waals surface area contributed by atoms with Crippen molar-refractivity contribution in [1.82, 2.24) is 5.32 Å². The summed E-state index contributed by atoms with van der Waals surface area (Å²) >= 11 is 0. The average Bonchev–Trinajstić information content (AvgIpc) is 2.57. The molecule has 0 saturated carbocycles. The minimum absolute atomic E-state index is 0.0814. The lowest BCUT2D eigenvalue weighted by molar-refractivity contribution is -0.184. The molecule has 0 aromatic rings. The standard InChI is InChI=1S/C10H15F2NO4/c1-5(2)4-6-7(17-9(15)13-6)10(11,12)8(14)16-3/h5-7H,4H2,1-3H3,(H,13,15)/t6-,7+/m0/s1. The Morgan fingerprint density at radius 1 is 1.59 bits per heavy atom. The van der Waals surface area contributed by atoms with Crippen molar-refractivity contribution in [3.8, 4) is 0 Å². The van der Waals surface area contributed by atoms with Gasteiger partial charge in [-0.3, -0.25) is 0 Å². The molecule has 1 heterocycles. The van der Waals surface area contributed by atoms with Gasteiger partial charge in [-0.15, -0.1) is 0 Å². The van der Waals surface area contributed by atoms with Gasteiger partial charge in [-0.25, -0.2) is 9.59 Å². The predicted octanol–water partition coefficient (Wildman–Crippen LogP) is 1.32. The molecule has 1 aliphatic heterocycles. The molecule has 0 aromatic carbocycles. The summed E-state index contributed by atoms with van der Waals surface area (Å²) in [6.07, 6.45) is -2.46. The summed E-state index contributed by atoms with van der Waals surface area (Å²) in [5.74, 6) is -5.46. The summed E-state index contributed by atoms with van der Waals surface area (Å²) in [6.45, 7) is 3.63. The largest absolute Gasteiger partial charge is 0.464 e. The number of alkyl carbamates (subject to hydrolysis) is 1. The van der Waals surface area contributed by atoms with E-state index in [9.17, 15) is 18.4 Å². The highest BCUT2D eigenvalue weighted by Gasteiger charge is 2.57. The van der Waals surface area contributed by atoms with Crippen LogP contribution in [0.4, 0.5) is 13.6 Å². The smallest absolute Gasteiger partial charge is 0.408 e. The zero-order valence-electron chi connectivity index (χ0n) is 9.83. The van der Waals surface area contributed by atoms with E-state index in [4.69, 9.17) is 0 Å². The van der Waals surface area contributed by atoms with Crippen LogP contribution >= 0.6 is 0 Å². The number of cyclic esters (lactones) is 1. The van der Waals surface area contributed by atoms with Gasteiger partial charge < -0.3 is 14.8 Å². The van der Waals surface area contributed by atoms with Gasteiger partial charge in [0.2, 0.25) is 0 Å². The monoisotopic (exact) mass is 251 g/mol. The van der Waals surface area contributed by atoms with E-state index in [1.54, 1.807) is 0 Å². The van der Waals surface area contributed by atoms with E-state index in [1.165, 1.54) is 0 Å². The third kappa shape index (κ3) is 2.83. The zero-order valence-corrected chi connectivity index (χ0v) is 9.83. The SMILES string of the molecule is COC(=O)C(F)(F)[C@@H]1OC(=O)N[C@H]1CC(C)C. The maximum Gasteiger partial charge on any atom is 0.408 e. The average molecular weight is 251 g/mol. The molecule has 7 heteroatoms. The summed E-state index contributed by atoms with van der Waals surface area (Å²) in [5, 5.41) is 2.27. The third-order valence-corrected chi connectivity index (χ3v) is 2.44. The number of carbonyl (C=O) groups is 2.